The van der Waals surface area contributed by atoms with Crippen molar-refractivity contribution in [3.63, 3.8) is 0 Å². The second kappa shape index (κ2) is 72.1. The van der Waals surface area contributed by atoms with Crippen LogP contribution < -0.4 is 0 Å². The van der Waals surface area contributed by atoms with Crippen LogP contribution in [-0.4, -0.2) is 126 Å². The van der Waals surface area contributed by atoms with Crippen molar-refractivity contribution in [2.75, 3.05) is 52.9 Å². The first kappa shape index (κ1) is 97.7. The van der Waals surface area contributed by atoms with Crippen molar-refractivity contribution in [2.24, 2.45) is 11.8 Å². The molecule has 2 saturated heterocycles. The average molecular weight is 1460 g/mol. The van der Waals surface area contributed by atoms with Gasteiger partial charge in [0.05, 0.1) is 0 Å². The summed E-state index contributed by atoms with van der Waals surface area (Å²) in [6, 6.07) is 0. The van der Waals surface area contributed by atoms with Crippen LogP contribution in [0.2, 0.25) is 0 Å². The van der Waals surface area contributed by atoms with Crippen LogP contribution in [0.1, 0.15) is 442 Å². The van der Waals surface area contributed by atoms with Crippen LogP contribution in [0.3, 0.4) is 0 Å². The molecule has 2 rings (SSSR count). The van der Waals surface area contributed by atoms with Gasteiger partial charge in [-0.3, -0.25) is 9.59 Å². The molecule has 0 amide bonds. The molecule has 0 aromatic rings. The summed E-state index contributed by atoms with van der Waals surface area (Å²) in [6.45, 7) is 25.0. The van der Waals surface area contributed by atoms with Crippen LogP contribution in [0.5, 0.6) is 0 Å². The van der Waals surface area contributed by atoms with Gasteiger partial charge in [-0.1, -0.05) is 365 Å². The zero-order chi connectivity index (χ0) is 74.5. The van der Waals surface area contributed by atoms with Gasteiger partial charge in [-0.15, -0.1) is 0 Å². The zero-order valence-corrected chi connectivity index (χ0v) is 69.9. The number of unbranched alkanes of at least 4 members (excludes halogenated alkanes) is 42. The second-order valence-corrected chi connectivity index (χ2v) is 31.7. The quantitative estimate of drug-likeness (QED) is 0.0423. The Morgan fingerprint density at radius 3 is 0.660 bits per heavy atom. The summed E-state index contributed by atoms with van der Waals surface area (Å²) >= 11 is 0. The number of carbonyl (C=O) groups is 2. The zero-order valence-electron chi connectivity index (χ0n) is 69.9. The Hall–Kier alpha value is -1.42. The highest BCUT2D eigenvalue weighted by atomic mass is 16.8. The van der Waals surface area contributed by atoms with Gasteiger partial charge < -0.3 is 52.1 Å². The maximum absolute atomic E-state index is 14.5. The van der Waals surface area contributed by atoms with E-state index in [1.54, 1.807) is 0 Å². The smallest absolute Gasteiger partial charge is 0.306 e. The van der Waals surface area contributed by atoms with Crippen LogP contribution in [0, 0.1) is 11.8 Å². The first-order valence-electron chi connectivity index (χ1n) is 45.7. The standard InChI is InChI=1S/C90H174O13/c1-11-21-31-35-39-43-47-51-55-59-63-77(64-60-56-52-48-44-40-36-32-22-12-2)73-81(91)99-75-79-83(93-67-25-15-5)85(95-69-27-17-7)87(97-71-29-19-9)89(101-79)103-90-88(98-72-30-20-10)86(96-70-28-18-8)84(94-68-26-16-6)80(102-90)76-100-82(92)74-78(65-61-57-53-49-45-41-37-33-23-13-3)66-62-58-54-50-46-42-38-34-24-14-4/h77-80,83-90H,11-76H2,1-10H3/t79?,80?,83-,84-,85+,86+,87?,88?,89-,90-/m1/s1. The first-order chi connectivity index (χ1) is 50.7. The molecule has 103 heavy (non-hydrogen) atoms. The van der Waals surface area contributed by atoms with Crippen molar-refractivity contribution in [1.82, 2.24) is 0 Å². The molecular formula is C90H174O13. The van der Waals surface area contributed by atoms with Gasteiger partial charge in [0.15, 0.2) is 12.6 Å². The second-order valence-electron chi connectivity index (χ2n) is 31.7. The van der Waals surface area contributed by atoms with Gasteiger partial charge in [-0.25, -0.2) is 0 Å². The number of hydrogen-bond donors (Lipinski definition) is 0. The SMILES string of the molecule is CCCCCCCCCCCCC(CCCCCCCCCCCC)CC(=O)OCC1O[C@H](O[C@H]2OC(COC(=O)CC(CCCCCCCCCCCC)CCCCCCCCCCCC)[C@@H](OCCCC)[C@H](OCCCC)C2OCCCC)C(OCCCC)[C@@H](OCCCC)[C@@H]1OCCCC. The van der Waals surface area contributed by atoms with Crippen molar-refractivity contribution in [1.29, 1.82) is 0 Å². The molecule has 2 aliphatic heterocycles. The predicted octanol–water partition coefficient (Wildman–Crippen LogP) is 25.9. The normalized spacial score (nSPS) is 20.8. The highest BCUT2D eigenvalue weighted by molar-refractivity contribution is 5.70. The summed E-state index contributed by atoms with van der Waals surface area (Å²) in [4.78, 5) is 29.1. The third kappa shape index (κ3) is 50.9. The van der Waals surface area contributed by atoms with E-state index in [0.29, 0.717) is 52.5 Å². The molecule has 13 heteroatoms. The maximum atomic E-state index is 14.5. The van der Waals surface area contributed by atoms with Crippen LogP contribution in [0.25, 0.3) is 0 Å². The summed E-state index contributed by atoms with van der Waals surface area (Å²) in [5.74, 6) is 0.157. The molecule has 2 fully saturated rings. The Morgan fingerprint density at radius 2 is 0.437 bits per heavy atom. The number of carbonyl (C=O) groups excluding carboxylic acids is 2. The van der Waals surface area contributed by atoms with E-state index >= 15 is 0 Å². The number of hydrogen-bond acceptors (Lipinski definition) is 13. The lowest BCUT2D eigenvalue weighted by molar-refractivity contribution is -0.390. The van der Waals surface area contributed by atoms with E-state index in [1.165, 1.54) is 231 Å². The minimum atomic E-state index is -1.06. The molecule has 0 aromatic heterocycles. The highest BCUT2D eigenvalue weighted by Crippen LogP contribution is 2.37. The Labute approximate surface area is 638 Å². The van der Waals surface area contributed by atoms with Crippen LogP contribution >= 0.6 is 0 Å². The lowest BCUT2D eigenvalue weighted by atomic mass is 9.91. The monoisotopic (exact) mass is 1460 g/mol. The molecule has 2 aliphatic rings. The first-order valence-corrected chi connectivity index (χ1v) is 45.7. The lowest BCUT2D eigenvalue weighted by Gasteiger charge is -2.49. The maximum Gasteiger partial charge on any atom is 0.306 e. The summed E-state index contributed by atoms with van der Waals surface area (Å²) < 4.78 is 76.7. The van der Waals surface area contributed by atoms with E-state index in [9.17, 15) is 9.59 Å². The Balaban J connectivity index is 2.61. The molecule has 0 spiro atoms. The van der Waals surface area contributed by atoms with E-state index in [2.05, 4.69) is 69.2 Å². The molecule has 0 radical (unpaired) electrons. The van der Waals surface area contributed by atoms with Gasteiger partial charge >= 0.3 is 11.9 Å². The van der Waals surface area contributed by atoms with Crippen molar-refractivity contribution in [2.45, 2.75) is 503 Å². The fourth-order valence-corrected chi connectivity index (χ4v) is 15.0. The highest BCUT2D eigenvalue weighted by Gasteiger charge is 2.54. The minimum absolute atomic E-state index is 0.0238. The lowest BCUT2D eigenvalue weighted by Crippen LogP contribution is -2.66. The summed E-state index contributed by atoms with van der Waals surface area (Å²) in [5, 5.41) is 0. The van der Waals surface area contributed by atoms with Gasteiger partial charge in [0.1, 0.15) is 62.0 Å². The van der Waals surface area contributed by atoms with E-state index in [0.717, 1.165) is 128 Å². The molecule has 2 heterocycles. The van der Waals surface area contributed by atoms with Gasteiger partial charge in [0, 0.05) is 52.5 Å². The molecule has 0 saturated carbocycles. The van der Waals surface area contributed by atoms with E-state index in [-0.39, 0.29) is 37.0 Å². The molecule has 612 valence electrons. The number of rotatable bonds is 78. The Bertz CT molecular complexity index is 1620. The minimum Gasteiger partial charge on any atom is -0.463 e. The van der Waals surface area contributed by atoms with Crippen LogP contribution in [0.4, 0.5) is 0 Å². The van der Waals surface area contributed by atoms with Gasteiger partial charge in [0.2, 0.25) is 0 Å². The molecule has 4 unspecified atom stereocenters. The predicted molar refractivity (Wildman–Crippen MR) is 430 cm³/mol. The van der Waals surface area contributed by atoms with E-state index in [4.69, 9.17) is 52.1 Å². The van der Waals surface area contributed by atoms with E-state index in [1.807, 2.05) is 0 Å². The van der Waals surface area contributed by atoms with Crippen LogP contribution in [0.15, 0.2) is 0 Å². The molecule has 13 nitrogen and oxygen atoms in total. The fraction of sp³-hybridized carbons (Fsp3) is 0.978. The summed E-state index contributed by atoms with van der Waals surface area (Å²) in [6.07, 6.45) is 59.9. The Kier molecular flexibility index (Phi) is 68.4. The third-order valence-electron chi connectivity index (χ3n) is 21.9. The average Bonchev–Trinajstić information content (AvgIpc) is 0.776. The molecule has 0 aromatic carbocycles. The molecule has 10 atom stereocenters. The summed E-state index contributed by atoms with van der Waals surface area (Å²) in [7, 11) is 0. The van der Waals surface area contributed by atoms with Crippen molar-refractivity contribution in [3.8, 4) is 0 Å². The van der Waals surface area contributed by atoms with Crippen LogP contribution in [-0.2, 0) is 61.7 Å². The molecular weight excluding hydrogens is 1290 g/mol. The fourth-order valence-electron chi connectivity index (χ4n) is 15.0. The van der Waals surface area contributed by atoms with E-state index < -0.39 is 61.4 Å². The van der Waals surface area contributed by atoms with Crippen molar-refractivity contribution in [3.05, 3.63) is 0 Å². The van der Waals surface area contributed by atoms with Gasteiger partial charge in [-0.05, 0) is 76.0 Å². The van der Waals surface area contributed by atoms with Crippen molar-refractivity contribution >= 4 is 11.9 Å². The molecule has 0 bridgehead atoms. The largest absolute Gasteiger partial charge is 0.463 e. The number of esters is 2. The van der Waals surface area contributed by atoms with Gasteiger partial charge in [-0.2, -0.15) is 0 Å². The summed E-state index contributed by atoms with van der Waals surface area (Å²) in [5.41, 5.74) is 0. The third-order valence-corrected chi connectivity index (χ3v) is 21.9. The topological polar surface area (TPSA) is 136 Å². The molecule has 0 N–H and O–H groups in total. The number of ether oxygens (including phenoxy) is 11. The van der Waals surface area contributed by atoms with Gasteiger partial charge in [0.25, 0.3) is 0 Å². The van der Waals surface area contributed by atoms with Crippen molar-refractivity contribution < 1.29 is 61.7 Å². The Morgan fingerprint density at radius 1 is 0.243 bits per heavy atom. The molecule has 0 aliphatic carbocycles.